The van der Waals surface area contributed by atoms with Crippen LogP contribution in [0.5, 0.6) is 0 Å². The molecule has 2 heteroatoms. The average Bonchev–Trinajstić information content (AvgIpc) is 3.30. The Morgan fingerprint density at radius 2 is 0.846 bits per heavy atom. The first-order valence-electron chi connectivity index (χ1n) is 14.8. The van der Waals surface area contributed by atoms with E-state index in [9.17, 15) is 10.2 Å². The van der Waals surface area contributed by atoms with Crippen molar-refractivity contribution in [1.82, 2.24) is 0 Å². The summed E-state index contributed by atoms with van der Waals surface area (Å²) >= 11 is 0. The van der Waals surface area contributed by atoms with Gasteiger partial charge in [-0.3, -0.25) is 0 Å². The Bertz CT molecular complexity index is 1320. The third-order valence-corrected chi connectivity index (χ3v) is 10.4. The van der Waals surface area contributed by atoms with Gasteiger partial charge in [-0.2, -0.15) is 0 Å². The second-order valence-corrected chi connectivity index (χ2v) is 12.1. The summed E-state index contributed by atoms with van der Waals surface area (Å²) in [7, 11) is 0. The molecule has 2 fully saturated rings. The highest BCUT2D eigenvalue weighted by molar-refractivity contribution is 5.81. The molecule has 2 saturated carbocycles. The van der Waals surface area contributed by atoms with Crippen LogP contribution in [-0.4, -0.2) is 22.4 Å². The predicted molar refractivity (Wildman–Crippen MR) is 158 cm³/mol. The zero-order valence-corrected chi connectivity index (χ0v) is 22.5. The minimum Gasteiger partial charge on any atom is -0.392 e. The molecule has 2 N–H and O–H groups in total. The van der Waals surface area contributed by atoms with E-state index >= 15 is 0 Å². The number of aliphatic hydroxyl groups excluding tert-OH is 2. The van der Waals surface area contributed by atoms with Gasteiger partial charge >= 0.3 is 0 Å². The first kappa shape index (κ1) is 24.8. The van der Waals surface area contributed by atoms with Crippen LogP contribution in [0, 0.1) is 11.8 Å². The minimum absolute atomic E-state index is 0.131. The van der Waals surface area contributed by atoms with Crippen LogP contribution in [-0.2, 0) is 5.41 Å². The third kappa shape index (κ3) is 4.00. The minimum atomic E-state index is -0.308. The summed E-state index contributed by atoms with van der Waals surface area (Å²) in [6, 6.07) is 39.6. The van der Waals surface area contributed by atoms with Crippen molar-refractivity contribution in [3.8, 4) is 11.1 Å². The van der Waals surface area contributed by atoms with Gasteiger partial charge in [-0.15, -0.1) is 0 Å². The number of hydrogen-bond acceptors (Lipinski definition) is 2. The summed E-state index contributed by atoms with van der Waals surface area (Å²) in [6.07, 6.45) is 5.02. The summed E-state index contributed by atoms with van der Waals surface area (Å²) in [5.74, 6) is 1.10. The molecular formula is C37H38O2. The second-order valence-electron chi connectivity index (χ2n) is 12.1. The Hall–Kier alpha value is -3.20. The van der Waals surface area contributed by atoms with Crippen molar-refractivity contribution in [2.24, 2.45) is 11.8 Å². The van der Waals surface area contributed by atoms with Crippen molar-refractivity contribution in [3.63, 3.8) is 0 Å². The van der Waals surface area contributed by atoms with Crippen LogP contribution in [0.3, 0.4) is 0 Å². The molecule has 2 nitrogen and oxygen atoms in total. The maximum Gasteiger partial charge on any atom is 0.0608 e. The molecule has 0 aromatic heterocycles. The molecule has 0 spiro atoms. The predicted octanol–water partition coefficient (Wildman–Crippen LogP) is 7.84. The van der Waals surface area contributed by atoms with Gasteiger partial charge in [0.2, 0.25) is 0 Å². The Balaban J connectivity index is 1.39. The van der Waals surface area contributed by atoms with Crippen LogP contribution >= 0.6 is 0 Å². The lowest BCUT2D eigenvalue weighted by molar-refractivity contribution is 0.0231. The summed E-state index contributed by atoms with van der Waals surface area (Å²) in [5.41, 5.74) is 8.06. The van der Waals surface area contributed by atoms with Crippen molar-refractivity contribution in [1.29, 1.82) is 0 Å². The molecule has 0 heterocycles. The average molecular weight is 515 g/mol. The molecule has 0 bridgehead atoms. The van der Waals surface area contributed by atoms with E-state index in [-0.39, 0.29) is 29.5 Å². The maximum atomic E-state index is 11.3. The number of hydrogen-bond donors (Lipinski definition) is 2. The molecule has 0 saturated heterocycles. The van der Waals surface area contributed by atoms with Crippen LogP contribution in [0.1, 0.15) is 72.6 Å². The fraction of sp³-hybridized carbons (Fsp3) is 0.351. The molecule has 6 atom stereocenters. The lowest BCUT2D eigenvalue weighted by Gasteiger charge is -2.52. The van der Waals surface area contributed by atoms with Gasteiger partial charge in [0.05, 0.1) is 12.2 Å². The van der Waals surface area contributed by atoms with Crippen LogP contribution in [0.2, 0.25) is 0 Å². The van der Waals surface area contributed by atoms with Crippen LogP contribution in [0.15, 0.2) is 109 Å². The van der Waals surface area contributed by atoms with Gasteiger partial charge in [0, 0.05) is 17.3 Å². The molecule has 7 rings (SSSR count). The number of benzene rings is 4. The SMILES string of the molecule is OC1CCC(C2(C3CCC(O)C(c4ccccc4)C3)c3ccccc3-c3ccccc32)CC1c1ccccc1. The molecule has 6 unspecified atom stereocenters. The van der Waals surface area contributed by atoms with E-state index in [1.54, 1.807) is 0 Å². The first-order valence-corrected chi connectivity index (χ1v) is 14.8. The summed E-state index contributed by atoms with van der Waals surface area (Å²) in [6.45, 7) is 0. The fourth-order valence-corrected chi connectivity index (χ4v) is 8.77. The smallest absolute Gasteiger partial charge is 0.0608 e. The fourth-order valence-electron chi connectivity index (χ4n) is 8.77. The topological polar surface area (TPSA) is 40.5 Å². The highest BCUT2D eigenvalue weighted by Gasteiger charge is 2.56. The Kier molecular flexibility index (Phi) is 6.41. The molecular weight excluding hydrogens is 476 g/mol. The molecule has 0 amide bonds. The normalized spacial score (nSPS) is 29.4. The van der Waals surface area contributed by atoms with Crippen molar-refractivity contribution < 1.29 is 10.2 Å². The number of aliphatic hydroxyl groups is 2. The van der Waals surface area contributed by atoms with Gasteiger partial charge in [0.15, 0.2) is 0 Å². The van der Waals surface area contributed by atoms with E-state index in [0.717, 1.165) is 38.5 Å². The maximum absolute atomic E-state index is 11.3. The quantitative estimate of drug-likeness (QED) is 0.291. The zero-order chi connectivity index (χ0) is 26.4. The number of rotatable bonds is 4. The molecule has 0 aliphatic heterocycles. The number of fused-ring (bicyclic) bond motifs is 3. The first-order chi connectivity index (χ1) is 19.2. The van der Waals surface area contributed by atoms with E-state index in [4.69, 9.17) is 0 Å². The zero-order valence-electron chi connectivity index (χ0n) is 22.5. The van der Waals surface area contributed by atoms with Gasteiger partial charge in [0.25, 0.3) is 0 Å². The molecule has 198 valence electrons. The molecule has 3 aliphatic carbocycles. The Morgan fingerprint density at radius 1 is 0.462 bits per heavy atom. The van der Waals surface area contributed by atoms with Crippen molar-refractivity contribution in [3.05, 3.63) is 131 Å². The van der Waals surface area contributed by atoms with Gasteiger partial charge in [0.1, 0.15) is 0 Å². The lowest BCUT2D eigenvalue weighted by Crippen LogP contribution is -2.48. The Morgan fingerprint density at radius 3 is 1.28 bits per heavy atom. The van der Waals surface area contributed by atoms with E-state index in [1.165, 1.54) is 33.4 Å². The standard InChI is InChI=1S/C37H38O2/c38-35-21-19-27(23-31(35)25-11-3-1-4-12-25)37(28-20-22-36(39)32(24-28)26-13-5-2-6-14-26)33-17-9-7-15-29(33)30-16-8-10-18-34(30)37/h1-18,27-28,31-32,35-36,38-39H,19-24H2. The van der Waals surface area contributed by atoms with Crippen molar-refractivity contribution in [2.75, 3.05) is 0 Å². The summed E-state index contributed by atoms with van der Waals surface area (Å²) < 4.78 is 0. The largest absolute Gasteiger partial charge is 0.392 e. The van der Waals surface area contributed by atoms with E-state index in [1.807, 2.05) is 0 Å². The van der Waals surface area contributed by atoms with E-state index in [2.05, 4.69) is 109 Å². The van der Waals surface area contributed by atoms with Crippen LogP contribution in [0.4, 0.5) is 0 Å². The third-order valence-electron chi connectivity index (χ3n) is 10.4. The van der Waals surface area contributed by atoms with Crippen LogP contribution < -0.4 is 0 Å². The van der Waals surface area contributed by atoms with Crippen molar-refractivity contribution in [2.45, 2.75) is 68.0 Å². The lowest BCUT2D eigenvalue weighted by atomic mass is 9.52. The highest BCUT2D eigenvalue weighted by atomic mass is 16.3. The highest BCUT2D eigenvalue weighted by Crippen LogP contribution is 2.63. The summed E-state index contributed by atoms with van der Waals surface area (Å²) in [5, 5.41) is 22.5. The molecule has 4 aromatic carbocycles. The van der Waals surface area contributed by atoms with E-state index in [0.29, 0.717) is 11.8 Å². The monoisotopic (exact) mass is 514 g/mol. The molecule has 39 heavy (non-hydrogen) atoms. The van der Waals surface area contributed by atoms with Gasteiger partial charge in [-0.25, -0.2) is 0 Å². The van der Waals surface area contributed by atoms with Crippen LogP contribution in [0.25, 0.3) is 11.1 Å². The molecule has 3 aliphatic rings. The molecule has 0 radical (unpaired) electrons. The summed E-state index contributed by atoms with van der Waals surface area (Å²) in [4.78, 5) is 0. The van der Waals surface area contributed by atoms with E-state index < -0.39 is 0 Å². The van der Waals surface area contributed by atoms with Gasteiger partial charge in [-0.05, 0) is 83.7 Å². The Labute approximate surface area is 232 Å². The van der Waals surface area contributed by atoms with Crippen molar-refractivity contribution >= 4 is 0 Å². The van der Waals surface area contributed by atoms with Gasteiger partial charge in [-0.1, -0.05) is 109 Å². The van der Waals surface area contributed by atoms with Gasteiger partial charge < -0.3 is 10.2 Å². The molecule has 4 aromatic rings. The second kappa shape index (κ2) is 10.1.